The van der Waals surface area contributed by atoms with Gasteiger partial charge in [0.05, 0.1) is 0 Å². The molecule has 0 radical (unpaired) electrons. The van der Waals surface area contributed by atoms with E-state index in [1.165, 1.54) is 0 Å². The Morgan fingerprint density at radius 1 is 1.20 bits per heavy atom. The smallest absolute Gasteiger partial charge is 0.319 e. The largest absolute Gasteiger partial charge is 0.338 e. The minimum atomic E-state index is -0.259. The summed E-state index contributed by atoms with van der Waals surface area (Å²) in [5.74, 6) is 1.34. The second kappa shape index (κ2) is 7.81. The second-order valence-electron chi connectivity index (χ2n) is 5.59. The number of benzene rings is 2. The van der Waals surface area contributed by atoms with E-state index >= 15 is 0 Å². The van der Waals surface area contributed by atoms with Gasteiger partial charge in [-0.2, -0.15) is 5.10 Å². The van der Waals surface area contributed by atoms with Crippen molar-refractivity contribution in [3.05, 3.63) is 64.9 Å². The van der Waals surface area contributed by atoms with E-state index in [1.54, 1.807) is 0 Å². The highest BCUT2D eigenvalue weighted by molar-refractivity contribution is 6.30. The summed E-state index contributed by atoms with van der Waals surface area (Å²) in [7, 11) is 0. The third-order valence-corrected chi connectivity index (χ3v) is 3.80. The molecule has 2 amide bonds. The SMILES string of the molecule is Cc1nc(-c2cccc(NC(=O)NCCc3cccc(Cl)c3)c2)n[nH]1. The van der Waals surface area contributed by atoms with E-state index in [0.717, 1.165) is 17.0 Å². The molecular weight excluding hydrogens is 338 g/mol. The zero-order valence-electron chi connectivity index (χ0n) is 13.7. The fourth-order valence-electron chi connectivity index (χ4n) is 2.40. The Bertz CT molecular complexity index is 877. The number of halogens is 1. The molecule has 0 spiro atoms. The zero-order valence-corrected chi connectivity index (χ0v) is 14.5. The molecule has 7 heteroatoms. The van der Waals surface area contributed by atoms with Gasteiger partial charge in [0, 0.05) is 22.8 Å². The van der Waals surface area contributed by atoms with E-state index < -0.39 is 0 Å². The van der Waals surface area contributed by atoms with Crippen molar-refractivity contribution in [3.8, 4) is 11.4 Å². The predicted molar refractivity (Wildman–Crippen MR) is 98.7 cm³/mol. The molecule has 0 saturated carbocycles. The lowest BCUT2D eigenvalue weighted by Gasteiger charge is -2.08. The number of aromatic amines is 1. The summed E-state index contributed by atoms with van der Waals surface area (Å²) in [5, 5.41) is 13.3. The van der Waals surface area contributed by atoms with Crippen molar-refractivity contribution in [2.45, 2.75) is 13.3 Å². The molecule has 25 heavy (non-hydrogen) atoms. The van der Waals surface area contributed by atoms with Gasteiger partial charge in [0.25, 0.3) is 0 Å². The third-order valence-electron chi connectivity index (χ3n) is 3.56. The van der Waals surface area contributed by atoms with Crippen LogP contribution >= 0.6 is 11.6 Å². The summed E-state index contributed by atoms with van der Waals surface area (Å²) in [5.41, 5.74) is 2.59. The monoisotopic (exact) mass is 355 g/mol. The van der Waals surface area contributed by atoms with Crippen LogP contribution in [0.5, 0.6) is 0 Å². The number of hydrogen-bond acceptors (Lipinski definition) is 3. The van der Waals surface area contributed by atoms with Gasteiger partial charge in [-0.25, -0.2) is 9.78 Å². The Morgan fingerprint density at radius 2 is 2.04 bits per heavy atom. The van der Waals surface area contributed by atoms with E-state index in [4.69, 9.17) is 11.6 Å². The lowest BCUT2D eigenvalue weighted by molar-refractivity contribution is 0.252. The van der Waals surface area contributed by atoms with Crippen LogP contribution in [-0.4, -0.2) is 27.8 Å². The molecule has 128 valence electrons. The first kappa shape index (κ1) is 17.0. The van der Waals surface area contributed by atoms with Crippen LogP contribution in [0.2, 0.25) is 5.02 Å². The first-order chi connectivity index (χ1) is 12.1. The minimum Gasteiger partial charge on any atom is -0.338 e. The summed E-state index contributed by atoms with van der Waals surface area (Å²) in [6.07, 6.45) is 0.713. The molecule has 1 aromatic heterocycles. The number of carbonyl (C=O) groups excluding carboxylic acids is 1. The molecule has 0 aliphatic rings. The lowest BCUT2D eigenvalue weighted by atomic mass is 10.1. The molecule has 0 atom stereocenters. The van der Waals surface area contributed by atoms with E-state index in [1.807, 2.05) is 55.5 Å². The van der Waals surface area contributed by atoms with Crippen molar-refractivity contribution in [3.63, 3.8) is 0 Å². The number of aromatic nitrogens is 3. The van der Waals surface area contributed by atoms with Gasteiger partial charge >= 0.3 is 6.03 Å². The van der Waals surface area contributed by atoms with Gasteiger partial charge in [-0.3, -0.25) is 5.10 Å². The van der Waals surface area contributed by atoms with Crippen LogP contribution in [-0.2, 0) is 6.42 Å². The molecule has 0 aliphatic carbocycles. The van der Waals surface area contributed by atoms with Crippen molar-refractivity contribution in [1.82, 2.24) is 20.5 Å². The molecule has 0 aliphatic heterocycles. The number of hydrogen-bond donors (Lipinski definition) is 3. The topological polar surface area (TPSA) is 82.7 Å². The molecule has 1 heterocycles. The zero-order chi connectivity index (χ0) is 17.6. The number of anilines is 1. The number of urea groups is 1. The number of carbonyl (C=O) groups is 1. The highest BCUT2D eigenvalue weighted by Gasteiger charge is 2.06. The van der Waals surface area contributed by atoms with Gasteiger partial charge in [0.2, 0.25) is 0 Å². The van der Waals surface area contributed by atoms with Gasteiger partial charge in [-0.05, 0) is 43.2 Å². The van der Waals surface area contributed by atoms with E-state index in [-0.39, 0.29) is 6.03 Å². The van der Waals surface area contributed by atoms with Crippen molar-refractivity contribution in [2.75, 3.05) is 11.9 Å². The Labute approximate surface area is 150 Å². The normalized spacial score (nSPS) is 10.5. The Morgan fingerprint density at radius 3 is 2.80 bits per heavy atom. The van der Waals surface area contributed by atoms with Crippen LogP contribution in [0, 0.1) is 6.92 Å². The van der Waals surface area contributed by atoms with Gasteiger partial charge in [-0.1, -0.05) is 35.9 Å². The highest BCUT2D eigenvalue weighted by atomic mass is 35.5. The Hall–Kier alpha value is -2.86. The van der Waals surface area contributed by atoms with E-state index in [2.05, 4.69) is 25.8 Å². The van der Waals surface area contributed by atoms with Crippen molar-refractivity contribution < 1.29 is 4.79 Å². The summed E-state index contributed by atoms with van der Waals surface area (Å²) >= 11 is 5.95. The molecule has 0 fully saturated rings. The quantitative estimate of drug-likeness (QED) is 0.651. The average molecular weight is 356 g/mol. The molecule has 6 nitrogen and oxygen atoms in total. The Balaban J connectivity index is 1.54. The van der Waals surface area contributed by atoms with Gasteiger partial charge in [0.1, 0.15) is 5.82 Å². The number of aryl methyl sites for hydroxylation is 1. The number of nitrogens with one attached hydrogen (secondary N) is 3. The molecule has 3 rings (SSSR count). The molecule has 0 saturated heterocycles. The lowest BCUT2D eigenvalue weighted by Crippen LogP contribution is -2.30. The van der Waals surface area contributed by atoms with E-state index in [9.17, 15) is 4.79 Å². The summed E-state index contributed by atoms with van der Waals surface area (Å²) in [4.78, 5) is 16.3. The van der Waals surface area contributed by atoms with Crippen LogP contribution in [0.4, 0.5) is 10.5 Å². The van der Waals surface area contributed by atoms with E-state index in [0.29, 0.717) is 29.5 Å². The number of H-pyrrole nitrogens is 1. The first-order valence-electron chi connectivity index (χ1n) is 7.89. The fourth-order valence-corrected chi connectivity index (χ4v) is 2.61. The van der Waals surface area contributed by atoms with Crippen molar-refractivity contribution >= 4 is 23.3 Å². The summed E-state index contributed by atoms with van der Waals surface area (Å²) in [6.45, 7) is 2.36. The number of amides is 2. The standard InChI is InChI=1S/C18H18ClN5O/c1-12-21-17(24-23-12)14-5-3-7-16(11-14)22-18(25)20-9-8-13-4-2-6-15(19)10-13/h2-7,10-11H,8-9H2,1H3,(H2,20,22,25)(H,21,23,24). The van der Waals surface area contributed by atoms with Crippen molar-refractivity contribution in [1.29, 1.82) is 0 Å². The first-order valence-corrected chi connectivity index (χ1v) is 8.27. The predicted octanol–water partition coefficient (Wildman–Crippen LogP) is 3.80. The molecular formula is C18H18ClN5O. The van der Waals surface area contributed by atoms with Crippen LogP contribution in [0.15, 0.2) is 48.5 Å². The van der Waals surface area contributed by atoms with Crippen LogP contribution in [0.25, 0.3) is 11.4 Å². The maximum atomic E-state index is 12.0. The van der Waals surface area contributed by atoms with Gasteiger partial charge in [0.15, 0.2) is 5.82 Å². The summed E-state index contributed by atoms with van der Waals surface area (Å²) < 4.78 is 0. The fraction of sp³-hybridized carbons (Fsp3) is 0.167. The third kappa shape index (κ3) is 4.81. The molecule has 3 aromatic rings. The van der Waals surface area contributed by atoms with Crippen LogP contribution in [0.3, 0.4) is 0 Å². The maximum Gasteiger partial charge on any atom is 0.319 e. The molecule has 0 unspecified atom stereocenters. The maximum absolute atomic E-state index is 12.0. The van der Waals surface area contributed by atoms with Crippen LogP contribution < -0.4 is 10.6 Å². The summed E-state index contributed by atoms with van der Waals surface area (Å²) in [6, 6.07) is 14.7. The molecule has 0 bridgehead atoms. The van der Waals surface area contributed by atoms with Gasteiger partial charge in [-0.15, -0.1) is 0 Å². The number of rotatable bonds is 5. The van der Waals surface area contributed by atoms with Crippen molar-refractivity contribution in [2.24, 2.45) is 0 Å². The highest BCUT2D eigenvalue weighted by Crippen LogP contribution is 2.19. The van der Waals surface area contributed by atoms with Gasteiger partial charge < -0.3 is 10.6 Å². The minimum absolute atomic E-state index is 0.259. The molecule has 3 N–H and O–H groups in total. The Kier molecular flexibility index (Phi) is 5.30. The second-order valence-corrected chi connectivity index (χ2v) is 6.02. The molecule has 2 aromatic carbocycles. The van der Waals surface area contributed by atoms with Crippen LogP contribution in [0.1, 0.15) is 11.4 Å². The number of nitrogens with zero attached hydrogens (tertiary/aromatic N) is 2. The average Bonchev–Trinajstić information content (AvgIpc) is 3.02.